The van der Waals surface area contributed by atoms with Gasteiger partial charge in [-0.05, 0) is 19.9 Å². The molecule has 8 heteroatoms. The first-order valence-electron chi connectivity index (χ1n) is 8.15. The molecular formula is C17H21N3O4S. The van der Waals surface area contributed by atoms with Crippen molar-refractivity contribution in [1.29, 1.82) is 0 Å². The van der Waals surface area contributed by atoms with Gasteiger partial charge in [-0.15, -0.1) is 11.8 Å². The van der Waals surface area contributed by atoms with Gasteiger partial charge in [0.2, 0.25) is 5.91 Å². The van der Waals surface area contributed by atoms with Crippen molar-refractivity contribution in [2.45, 2.75) is 19.6 Å². The number of carbonyl (C=O) groups excluding carboxylic acids is 2. The molecule has 2 amide bonds. The highest BCUT2D eigenvalue weighted by Crippen LogP contribution is 2.20. The Balaban J connectivity index is 1.43. The number of piperazine rings is 1. The van der Waals surface area contributed by atoms with E-state index in [0.29, 0.717) is 43.2 Å². The monoisotopic (exact) mass is 363 g/mol. The Morgan fingerprint density at radius 1 is 1.20 bits per heavy atom. The van der Waals surface area contributed by atoms with E-state index in [4.69, 9.17) is 8.94 Å². The third-order valence-electron chi connectivity index (χ3n) is 4.34. The van der Waals surface area contributed by atoms with E-state index in [1.165, 1.54) is 12.5 Å². The van der Waals surface area contributed by atoms with Crippen LogP contribution < -0.4 is 0 Å². The molecule has 2 aromatic rings. The summed E-state index contributed by atoms with van der Waals surface area (Å²) in [6.07, 6.45) is 2.94. The summed E-state index contributed by atoms with van der Waals surface area (Å²) in [7, 11) is 0. The molecule has 7 nitrogen and oxygen atoms in total. The van der Waals surface area contributed by atoms with Crippen molar-refractivity contribution in [2.24, 2.45) is 0 Å². The number of amides is 2. The largest absolute Gasteiger partial charge is 0.472 e. The van der Waals surface area contributed by atoms with Crippen molar-refractivity contribution in [3.8, 4) is 0 Å². The van der Waals surface area contributed by atoms with E-state index in [1.54, 1.807) is 22.7 Å². The maximum atomic E-state index is 12.3. The summed E-state index contributed by atoms with van der Waals surface area (Å²) in [6.45, 7) is 6.01. The molecule has 1 saturated heterocycles. The third-order valence-corrected chi connectivity index (χ3v) is 5.28. The Labute approximate surface area is 150 Å². The molecule has 0 spiro atoms. The number of hydrogen-bond acceptors (Lipinski definition) is 6. The van der Waals surface area contributed by atoms with Crippen LogP contribution in [-0.4, -0.2) is 58.7 Å². The molecule has 1 aliphatic heterocycles. The molecule has 3 rings (SSSR count). The number of thioether (sulfide) groups is 1. The second kappa shape index (κ2) is 7.77. The van der Waals surface area contributed by atoms with Crippen LogP contribution >= 0.6 is 11.8 Å². The molecule has 0 saturated carbocycles. The lowest BCUT2D eigenvalue weighted by Crippen LogP contribution is -2.51. The molecule has 0 aliphatic carbocycles. The first-order chi connectivity index (χ1) is 12.1. The zero-order valence-electron chi connectivity index (χ0n) is 14.4. The van der Waals surface area contributed by atoms with E-state index in [-0.39, 0.29) is 11.8 Å². The average molecular weight is 363 g/mol. The third kappa shape index (κ3) is 4.07. The van der Waals surface area contributed by atoms with E-state index >= 15 is 0 Å². The van der Waals surface area contributed by atoms with Crippen LogP contribution in [-0.2, 0) is 10.5 Å². The van der Waals surface area contributed by atoms with Gasteiger partial charge in [-0.3, -0.25) is 9.59 Å². The molecule has 0 unspecified atom stereocenters. The SMILES string of the molecule is Cc1noc(C)c1CSCC(=O)N1CCN(C(=O)c2ccoc2)CC1. The predicted molar refractivity (Wildman–Crippen MR) is 93.3 cm³/mol. The lowest BCUT2D eigenvalue weighted by molar-refractivity contribution is -0.129. The summed E-state index contributed by atoms with van der Waals surface area (Å²) in [5.41, 5.74) is 2.49. The minimum Gasteiger partial charge on any atom is -0.472 e. The summed E-state index contributed by atoms with van der Waals surface area (Å²) < 4.78 is 10.1. The second-order valence-corrected chi connectivity index (χ2v) is 6.97. The van der Waals surface area contributed by atoms with Crippen LogP contribution in [0.2, 0.25) is 0 Å². The molecule has 0 N–H and O–H groups in total. The van der Waals surface area contributed by atoms with Crippen LogP contribution in [0.25, 0.3) is 0 Å². The fourth-order valence-corrected chi connectivity index (χ4v) is 3.84. The number of rotatable bonds is 5. The number of furan rings is 1. The molecule has 0 bridgehead atoms. The standard InChI is InChI=1S/C17H21N3O4S/c1-12-15(13(2)24-18-12)10-25-11-16(21)19-4-6-20(7-5-19)17(22)14-3-8-23-9-14/h3,8-9H,4-7,10-11H2,1-2H3. The van der Waals surface area contributed by atoms with Gasteiger partial charge < -0.3 is 18.7 Å². The number of nitrogens with zero attached hydrogens (tertiary/aromatic N) is 3. The van der Waals surface area contributed by atoms with Gasteiger partial charge >= 0.3 is 0 Å². The minimum absolute atomic E-state index is 0.0476. The zero-order valence-corrected chi connectivity index (χ0v) is 15.2. The molecule has 0 aromatic carbocycles. The van der Waals surface area contributed by atoms with E-state index in [0.717, 1.165) is 17.0 Å². The quantitative estimate of drug-likeness (QED) is 0.809. The van der Waals surface area contributed by atoms with E-state index < -0.39 is 0 Å². The molecule has 134 valence electrons. The van der Waals surface area contributed by atoms with Crippen LogP contribution in [0, 0.1) is 13.8 Å². The molecule has 0 radical (unpaired) electrons. The Morgan fingerprint density at radius 2 is 1.92 bits per heavy atom. The molecule has 0 atom stereocenters. The molecule has 3 heterocycles. The zero-order chi connectivity index (χ0) is 17.8. The van der Waals surface area contributed by atoms with Crippen molar-refractivity contribution in [2.75, 3.05) is 31.9 Å². The van der Waals surface area contributed by atoms with E-state index in [1.807, 2.05) is 18.7 Å². The molecule has 2 aromatic heterocycles. The van der Waals surface area contributed by atoms with Crippen LogP contribution in [0.3, 0.4) is 0 Å². The molecule has 25 heavy (non-hydrogen) atoms. The average Bonchev–Trinajstić information content (AvgIpc) is 3.26. The Kier molecular flexibility index (Phi) is 5.47. The van der Waals surface area contributed by atoms with Crippen molar-refractivity contribution in [1.82, 2.24) is 15.0 Å². The minimum atomic E-state index is -0.0476. The van der Waals surface area contributed by atoms with Crippen molar-refractivity contribution < 1.29 is 18.5 Å². The first-order valence-corrected chi connectivity index (χ1v) is 9.30. The Morgan fingerprint density at radius 3 is 2.52 bits per heavy atom. The Bertz CT molecular complexity index is 714. The van der Waals surface area contributed by atoms with Gasteiger partial charge in [-0.1, -0.05) is 5.16 Å². The number of aromatic nitrogens is 1. The van der Waals surface area contributed by atoms with Gasteiger partial charge in [-0.25, -0.2) is 0 Å². The molecule has 1 aliphatic rings. The van der Waals surface area contributed by atoms with Gasteiger partial charge in [0.05, 0.1) is 23.3 Å². The number of aryl methyl sites for hydroxylation is 2. The van der Waals surface area contributed by atoms with Crippen LogP contribution in [0.15, 0.2) is 27.5 Å². The fourth-order valence-electron chi connectivity index (χ4n) is 2.77. The van der Waals surface area contributed by atoms with Crippen molar-refractivity contribution in [3.05, 3.63) is 41.2 Å². The van der Waals surface area contributed by atoms with E-state index in [2.05, 4.69) is 5.16 Å². The lowest BCUT2D eigenvalue weighted by atomic mass is 10.2. The summed E-state index contributed by atoms with van der Waals surface area (Å²) in [6, 6.07) is 1.66. The summed E-state index contributed by atoms with van der Waals surface area (Å²) >= 11 is 1.56. The lowest BCUT2D eigenvalue weighted by Gasteiger charge is -2.34. The molecular weight excluding hydrogens is 342 g/mol. The highest BCUT2D eigenvalue weighted by atomic mass is 32.2. The van der Waals surface area contributed by atoms with Gasteiger partial charge in [0.25, 0.3) is 5.91 Å². The second-order valence-electron chi connectivity index (χ2n) is 5.98. The number of hydrogen-bond donors (Lipinski definition) is 0. The summed E-state index contributed by atoms with van der Waals surface area (Å²) in [5.74, 6) is 2.00. The smallest absolute Gasteiger partial charge is 0.257 e. The fraction of sp³-hybridized carbons (Fsp3) is 0.471. The first kappa shape index (κ1) is 17.6. The number of carbonyl (C=O) groups is 2. The summed E-state index contributed by atoms with van der Waals surface area (Å²) in [5, 5.41) is 3.92. The van der Waals surface area contributed by atoms with Gasteiger partial charge in [0.1, 0.15) is 12.0 Å². The maximum absolute atomic E-state index is 12.3. The van der Waals surface area contributed by atoms with E-state index in [9.17, 15) is 9.59 Å². The maximum Gasteiger partial charge on any atom is 0.257 e. The van der Waals surface area contributed by atoms with Crippen molar-refractivity contribution >= 4 is 23.6 Å². The Hall–Kier alpha value is -2.22. The van der Waals surface area contributed by atoms with Crippen molar-refractivity contribution in [3.63, 3.8) is 0 Å². The highest BCUT2D eigenvalue weighted by molar-refractivity contribution is 7.99. The topological polar surface area (TPSA) is 79.8 Å². The van der Waals surface area contributed by atoms with Crippen LogP contribution in [0.5, 0.6) is 0 Å². The van der Waals surface area contributed by atoms with Gasteiger partial charge in [-0.2, -0.15) is 0 Å². The highest BCUT2D eigenvalue weighted by Gasteiger charge is 2.25. The molecule has 1 fully saturated rings. The van der Waals surface area contributed by atoms with Gasteiger partial charge in [0.15, 0.2) is 0 Å². The summed E-state index contributed by atoms with van der Waals surface area (Å²) in [4.78, 5) is 28.2. The predicted octanol–water partition coefficient (Wildman–Crippen LogP) is 2.10. The van der Waals surface area contributed by atoms with Crippen LogP contribution in [0.4, 0.5) is 0 Å². The normalized spacial score (nSPS) is 14.8. The van der Waals surface area contributed by atoms with Gasteiger partial charge in [0, 0.05) is 37.5 Å². The van der Waals surface area contributed by atoms with Crippen LogP contribution in [0.1, 0.15) is 27.4 Å².